The van der Waals surface area contributed by atoms with Gasteiger partial charge in [-0.2, -0.15) is 10.4 Å². The van der Waals surface area contributed by atoms with Gasteiger partial charge in [0.15, 0.2) is 17.9 Å². The number of anilines is 3. The van der Waals surface area contributed by atoms with Gasteiger partial charge in [0.05, 0.1) is 17.5 Å². The van der Waals surface area contributed by atoms with Crippen molar-refractivity contribution in [2.24, 2.45) is 7.05 Å². The topological polar surface area (TPSA) is 130 Å². The number of aryl methyl sites for hydroxylation is 1. The summed E-state index contributed by atoms with van der Waals surface area (Å²) in [4.78, 5) is 10.6. The molecule has 1 aliphatic heterocycles. The molecule has 10 nitrogen and oxygen atoms in total. The lowest BCUT2D eigenvalue weighted by Gasteiger charge is -2.30. The highest BCUT2D eigenvalue weighted by Crippen LogP contribution is 2.35. The van der Waals surface area contributed by atoms with E-state index in [2.05, 4.69) is 31.8 Å². The minimum Gasteiger partial charge on any atom is -0.467 e. The summed E-state index contributed by atoms with van der Waals surface area (Å²) in [6.07, 6.45) is 0.432. The number of rotatable bonds is 1. The maximum absolute atomic E-state index is 14.1. The second-order valence-corrected chi connectivity index (χ2v) is 7.40. The van der Waals surface area contributed by atoms with Crippen LogP contribution in [0.15, 0.2) is 24.4 Å². The Bertz CT molecular complexity index is 1180. The van der Waals surface area contributed by atoms with Gasteiger partial charge < -0.3 is 21.1 Å². The summed E-state index contributed by atoms with van der Waals surface area (Å²) >= 11 is 0. The molecule has 0 aliphatic carbocycles. The number of nitrogens with two attached hydrogens (primary N) is 1. The van der Waals surface area contributed by atoms with E-state index in [9.17, 15) is 9.65 Å². The molecular formula is C20H22FN9O. The number of nitriles is 1. The molecule has 2 atom stereocenters. The fourth-order valence-electron chi connectivity index (χ4n) is 3.39. The molecule has 4 rings (SSSR count). The molecule has 0 saturated carbocycles. The first-order valence-electron chi connectivity index (χ1n) is 9.54. The van der Waals surface area contributed by atoms with Crippen molar-refractivity contribution in [1.29, 1.82) is 5.26 Å². The van der Waals surface area contributed by atoms with Gasteiger partial charge in [0, 0.05) is 18.3 Å². The summed E-state index contributed by atoms with van der Waals surface area (Å²) in [6, 6.07) is 6.57. The van der Waals surface area contributed by atoms with Crippen molar-refractivity contribution in [3.05, 3.63) is 41.5 Å². The molecule has 160 valence electrons. The van der Waals surface area contributed by atoms with Gasteiger partial charge in [0.2, 0.25) is 0 Å². The smallest absolute Gasteiger partial charge is 0.258 e. The van der Waals surface area contributed by atoms with Crippen LogP contribution in [-0.2, 0) is 7.05 Å². The van der Waals surface area contributed by atoms with Crippen LogP contribution >= 0.6 is 0 Å². The van der Waals surface area contributed by atoms with Gasteiger partial charge in [-0.25, -0.2) is 14.4 Å². The standard InChI is InChI=1S/C20H22FN9O/c1-10-12-7-11(21)5-6-13(12)26-20(29(2)3)27-18-16(15(8-22)30(4)28-18)14-9-24-17(23)19(25-14)31-10/h5-7,9-10,20,26H,1-4H3,(H2,23,24)(H,27,28). The van der Waals surface area contributed by atoms with Crippen LogP contribution in [0.1, 0.15) is 24.3 Å². The Kier molecular flexibility index (Phi) is 5.08. The van der Waals surface area contributed by atoms with Crippen LogP contribution in [0.2, 0.25) is 0 Å². The molecule has 0 fully saturated rings. The van der Waals surface area contributed by atoms with Gasteiger partial charge in [0.1, 0.15) is 23.7 Å². The summed E-state index contributed by atoms with van der Waals surface area (Å²) in [7, 11) is 5.41. The monoisotopic (exact) mass is 423 g/mol. The summed E-state index contributed by atoms with van der Waals surface area (Å²) in [5.74, 6) is 0.203. The van der Waals surface area contributed by atoms with Gasteiger partial charge in [-0.05, 0) is 39.2 Å². The molecular weight excluding hydrogens is 401 g/mol. The lowest BCUT2D eigenvalue weighted by atomic mass is 10.1. The third-order valence-electron chi connectivity index (χ3n) is 5.00. The summed E-state index contributed by atoms with van der Waals surface area (Å²) < 4.78 is 21.5. The number of nitrogens with zero attached hydrogens (tertiary/aromatic N) is 6. The molecule has 11 heteroatoms. The number of nitrogen functional groups attached to an aromatic ring is 1. The SMILES string of the molecule is CC1Oc2nc(cnc2N)-c2c(nn(C)c2C#N)NC(N(C)C)Nc2ccc(F)cc21. The molecule has 0 radical (unpaired) electrons. The van der Waals surface area contributed by atoms with Gasteiger partial charge in [-0.15, -0.1) is 0 Å². The van der Waals surface area contributed by atoms with E-state index in [1.807, 2.05) is 19.0 Å². The Morgan fingerprint density at radius 1 is 1.32 bits per heavy atom. The molecule has 2 unspecified atom stereocenters. The van der Waals surface area contributed by atoms with Gasteiger partial charge >= 0.3 is 0 Å². The number of aromatic nitrogens is 4. The van der Waals surface area contributed by atoms with Crippen LogP contribution in [0, 0.1) is 17.1 Å². The third-order valence-corrected chi connectivity index (χ3v) is 5.00. The zero-order valence-electron chi connectivity index (χ0n) is 17.5. The van der Waals surface area contributed by atoms with E-state index in [4.69, 9.17) is 10.5 Å². The van der Waals surface area contributed by atoms with E-state index in [0.717, 1.165) is 0 Å². The average molecular weight is 423 g/mol. The zero-order chi connectivity index (χ0) is 22.3. The van der Waals surface area contributed by atoms with Gasteiger partial charge in [-0.1, -0.05) is 0 Å². The fourth-order valence-corrected chi connectivity index (χ4v) is 3.39. The van der Waals surface area contributed by atoms with Gasteiger partial charge in [-0.3, -0.25) is 9.58 Å². The highest BCUT2D eigenvalue weighted by Gasteiger charge is 2.26. The molecule has 0 saturated heterocycles. The lowest BCUT2D eigenvalue weighted by molar-refractivity contribution is 0.218. The van der Waals surface area contributed by atoms with Gasteiger partial charge in [0.25, 0.3) is 5.88 Å². The summed E-state index contributed by atoms with van der Waals surface area (Å²) in [6.45, 7) is 1.77. The minimum atomic E-state index is -0.587. The number of fused-ring (bicyclic) bond motifs is 5. The van der Waals surface area contributed by atoms with Crippen molar-refractivity contribution < 1.29 is 9.13 Å². The highest BCUT2D eigenvalue weighted by molar-refractivity contribution is 5.78. The Hall–Kier alpha value is -3.91. The molecule has 0 spiro atoms. The van der Waals surface area contributed by atoms with Crippen molar-refractivity contribution in [3.8, 4) is 23.2 Å². The maximum Gasteiger partial charge on any atom is 0.258 e. The predicted octanol–water partition coefficient (Wildman–Crippen LogP) is 2.29. The first kappa shape index (κ1) is 20.4. The summed E-state index contributed by atoms with van der Waals surface area (Å²) in [5, 5.41) is 20.8. The number of nitrogens with one attached hydrogen (secondary N) is 2. The van der Waals surface area contributed by atoms with E-state index in [-0.39, 0.29) is 11.7 Å². The number of hydrogen-bond donors (Lipinski definition) is 3. The first-order chi connectivity index (χ1) is 14.8. The van der Waals surface area contributed by atoms with Crippen molar-refractivity contribution in [1.82, 2.24) is 24.6 Å². The van der Waals surface area contributed by atoms with E-state index in [1.165, 1.54) is 23.0 Å². The first-order valence-corrected chi connectivity index (χ1v) is 9.54. The van der Waals surface area contributed by atoms with E-state index < -0.39 is 18.2 Å². The van der Waals surface area contributed by atoms with Crippen LogP contribution in [0.4, 0.5) is 21.7 Å². The lowest BCUT2D eigenvalue weighted by Crippen LogP contribution is -2.42. The fraction of sp³-hybridized carbons (Fsp3) is 0.300. The highest BCUT2D eigenvalue weighted by atomic mass is 19.1. The van der Waals surface area contributed by atoms with Crippen LogP contribution in [0.25, 0.3) is 11.3 Å². The van der Waals surface area contributed by atoms with Crippen LogP contribution in [0.5, 0.6) is 5.88 Å². The van der Waals surface area contributed by atoms with E-state index in [0.29, 0.717) is 34.0 Å². The largest absolute Gasteiger partial charge is 0.467 e. The number of benzene rings is 1. The Morgan fingerprint density at radius 3 is 2.81 bits per heavy atom. The zero-order valence-corrected chi connectivity index (χ0v) is 17.5. The third kappa shape index (κ3) is 3.69. The Morgan fingerprint density at radius 2 is 2.10 bits per heavy atom. The van der Waals surface area contributed by atoms with Crippen LogP contribution in [-0.4, -0.2) is 45.0 Å². The van der Waals surface area contributed by atoms with Crippen molar-refractivity contribution in [2.75, 3.05) is 30.5 Å². The van der Waals surface area contributed by atoms with Crippen molar-refractivity contribution in [2.45, 2.75) is 19.3 Å². The molecule has 1 aromatic carbocycles. The number of ether oxygens (including phenoxy) is 1. The van der Waals surface area contributed by atoms with Crippen molar-refractivity contribution in [3.63, 3.8) is 0 Å². The molecule has 0 amide bonds. The molecule has 2 aromatic heterocycles. The molecule has 4 N–H and O–H groups in total. The summed E-state index contributed by atoms with van der Waals surface area (Å²) in [5.41, 5.74) is 8.38. The minimum absolute atomic E-state index is 0.0849. The van der Waals surface area contributed by atoms with E-state index in [1.54, 1.807) is 20.0 Å². The normalized spacial score (nSPS) is 17.7. The molecule has 3 aromatic rings. The van der Waals surface area contributed by atoms with Crippen molar-refractivity contribution >= 4 is 17.3 Å². The molecule has 1 aliphatic rings. The molecule has 2 bridgehead atoms. The number of halogens is 1. The predicted molar refractivity (Wildman–Crippen MR) is 114 cm³/mol. The quantitative estimate of drug-likeness (QED) is 0.540. The Labute approximate surface area is 178 Å². The van der Waals surface area contributed by atoms with E-state index >= 15 is 0 Å². The average Bonchev–Trinajstić information content (AvgIpc) is 3.04. The maximum atomic E-state index is 14.1. The molecule has 31 heavy (non-hydrogen) atoms. The second-order valence-electron chi connectivity index (χ2n) is 7.40. The second kappa shape index (κ2) is 7.73. The Balaban J connectivity index is 1.96. The number of hydrogen-bond acceptors (Lipinski definition) is 9. The molecule has 3 heterocycles. The van der Waals surface area contributed by atoms with Crippen LogP contribution < -0.4 is 21.1 Å². The van der Waals surface area contributed by atoms with Crippen LogP contribution in [0.3, 0.4) is 0 Å².